The van der Waals surface area contributed by atoms with Crippen molar-refractivity contribution in [2.45, 2.75) is 85.1 Å². The first-order valence-electron chi connectivity index (χ1n) is 10.4. The minimum absolute atomic E-state index is 0.0118. The van der Waals surface area contributed by atoms with E-state index in [4.69, 9.17) is 12.3 Å². The van der Waals surface area contributed by atoms with Gasteiger partial charge in [-0.15, -0.1) is 0 Å². The van der Waals surface area contributed by atoms with Gasteiger partial charge in [0, 0.05) is 0 Å². The average Bonchev–Trinajstić information content (AvgIpc) is 2.88. The van der Waals surface area contributed by atoms with E-state index in [-0.39, 0.29) is 24.8 Å². The summed E-state index contributed by atoms with van der Waals surface area (Å²) in [6, 6.07) is 1.25. The van der Waals surface area contributed by atoms with E-state index < -0.39 is 61.8 Å². The first-order valence-corrected chi connectivity index (χ1v) is 15.6. The van der Waals surface area contributed by atoms with Crippen molar-refractivity contribution >= 4 is 5.16 Å². The number of hydrogen-bond donors (Lipinski definition) is 2. The van der Waals surface area contributed by atoms with Crippen LogP contribution in [0, 0.1) is 5.92 Å². The SMILES string of the molecule is CC(C)OP(=O)([I-]OC[C@H]1O[C@@H](n2ccc(=O)[nH]c2=O)[C@@H](C)[C@@H]1O)N(C(C)C)C(C)C. The number of hydrogen-bond acceptors (Lipinski definition) is 7. The summed E-state index contributed by atoms with van der Waals surface area (Å²) >= 11 is -1.35. The number of nitrogens with zero attached hydrogens (tertiary/aromatic N) is 2. The van der Waals surface area contributed by atoms with Gasteiger partial charge >= 0.3 is 193 Å². The van der Waals surface area contributed by atoms with Crippen molar-refractivity contribution in [2.75, 3.05) is 6.61 Å². The molecule has 10 nitrogen and oxygen atoms in total. The molecule has 1 fully saturated rings. The fourth-order valence-corrected chi connectivity index (χ4v) is 12.8. The molecule has 0 spiro atoms. The van der Waals surface area contributed by atoms with Crippen LogP contribution in [0.2, 0.25) is 0 Å². The Kier molecular flexibility index (Phi) is 9.51. The Hall–Kier alpha value is -0.560. The Balaban J connectivity index is 2.11. The van der Waals surface area contributed by atoms with Crippen LogP contribution in [0.1, 0.15) is 54.7 Å². The van der Waals surface area contributed by atoms with Crippen molar-refractivity contribution in [1.29, 1.82) is 0 Å². The second-order valence-corrected chi connectivity index (χ2v) is 15.6. The maximum atomic E-state index is 13.7. The summed E-state index contributed by atoms with van der Waals surface area (Å²) in [5.74, 6) is -0.406. The fourth-order valence-electron chi connectivity index (χ4n) is 3.64. The van der Waals surface area contributed by atoms with Gasteiger partial charge in [-0.2, -0.15) is 0 Å². The predicted octanol–water partition coefficient (Wildman–Crippen LogP) is -0.896. The molecule has 1 unspecified atom stereocenters. The zero-order valence-electron chi connectivity index (χ0n) is 19.0. The molecule has 1 aromatic rings. The van der Waals surface area contributed by atoms with Crippen molar-refractivity contribution in [3.05, 3.63) is 33.1 Å². The van der Waals surface area contributed by atoms with E-state index in [0.717, 1.165) is 0 Å². The van der Waals surface area contributed by atoms with Crippen LogP contribution in [0.4, 0.5) is 0 Å². The molecule has 1 aliphatic heterocycles. The summed E-state index contributed by atoms with van der Waals surface area (Å²) in [5, 5.41) is 7.42. The summed E-state index contributed by atoms with van der Waals surface area (Å²) < 4.78 is 34.5. The van der Waals surface area contributed by atoms with Gasteiger partial charge in [-0.25, -0.2) is 0 Å². The molecule has 1 aliphatic rings. The zero-order chi connectivity index (χ0) is 23.5. The van der Waals surface area contributed by atoms with Crippen LogP contribution in [0.3, 0.4) is 0 Å². The van der Waals surface area contributed by atoms with Gasteiger partial charge in [-0.1, -0.05) is 0 Å². The van der Waals surface area contributed by atoms with Gasteiger partial charge < -0.3 is 0 Å². The zero-order valence-corrected chi connectivity index (χ0v) is 22.1. The second-order valence-electron chi connectivity index (χ2n) is 8.45. The van der Waals surface area contributed by atoms with Crippen molar-refractivity contribution in [2.24, 2.45) is 5.92 Å². The molecule has 2 heterocycles. The van der Waals surface area contributed by atoms with Gasteiger partial charge in [-0.3, -0.25) is 0 Å². The third kappa shape index (κ3) is 6.49. The van der Waals surface area contributed by atoms with E-state index in [9.17, 15) is 19.3 Å². The molecule has 2 N–H and O–H groups in total. The van der Waals surface area contributed by atoms with Crippen LogP contribution in [-0.2, 0) is 16.9 Å². The van der Waals surface area contributed by atoms with Crippen LogP contribution in [0.15, 0.2) is 21.9 Å². The van der Waals surface area contributed by atoms with Gasteiger partial charge in [0.05, 0.1) is 0 Å². The predicted molar refractivity (Wildman–Crippen MR) is 112 cm³/mol. The number of H-pyrrole nitrogens is 1. The van der Waals surface area contributed by atoms with E-state index in [1.54, 1.807) is 6.92 Å². The van der Waals surface area contributed by atoms with Gasteiger partial charge in [0.15, 0.2) is 0 Å². The molecule has 1 aromatic heterocycles. The van der Waals surface area contributed by atoms with Crippen LogP contribution in [0.5, 0.6) is 0 Å². The molecule has 0 radical (unpaired) electrons. The normalized spacial score (nSPS) is 26.5. The second kappa shape index (κ2) is 11.0. The number of nitrogens with one attached hydrogen (secondary N) is 1. The first kappa shape index (κ1) is 26.7. The Bertz CT molecular complexity index is 880. The molecule has 1 saturated heterocycles. The van der Waals surface area contributed by atoms with Crippen LogP contribution >= 0.6 is 5.16 Å². The minimum atomic E-state index is -3.19. The van der Waals surface area contributed by atoms with E-state index in [0.29, 0.717) is 0 Å². The molecule has 0 saturated carbocycles. The molecular formula is C19H34IN3O7P-. The van der Waals surface area contributed by atoms with E-state index in [1.165, 1.54) is 16.8 Å². The number of aromatic amines is 1. The summed E-state index contributed by atoms with van der Waals surface area (Å²) in [4.78, 5) is 25.6. The number of halogens is 1. The molecule has 0 amide bonds. The number of aliphatic hydroxyl groups is 1. The molecule has 31 heavy (non-hydrogen) atoms. The van der Waals surface area contributed by atoms with Gasteiger partial charge in [0.1, 0.15) is 0 Å². The van der Waals surface area contributed by atoms with Crippen LogP contribution < -0.4 is 32.3 Å². The van der Waals surface area contributed by atoms with Crippen LogP contribution in [0.25, 0.3) is 0 Å². The molecule has 0 aliphatic carbocycles. The summed E-state index contributed by atoms with van der Waals surface area (Å²) in [6.07, 6.45) is -1.20. The van der Waals surface area contributed by atoms with Gasteiger partial charge in [-0.05, 0) is 0 Å². The molecular weight excluding hydrogens is 540 g/mol. The van der Waals surface area contributed by atoms with Gasteiger partial charge in [0.25, 0.3) is 0 Å². The molecule has 180 valence electrons. The molecule has 2 rings (SSSR count). The number of aromatic nitrogens is 2. The number of aliphatic hydroxyl groups excluding tert-OH is 1. The maximum absolute atomic E-state index is 13.7. The molecule has 0 aromatic carbocycles. The molecule has 0 bridgehead atoms. The summed E-state index contributed by atoms with van der Waals surface area (Å²) in [7, 11) is 0. The van der Waals surface area contributed by atoms with E-state index in [1.807, 2.05) is 46.2 Å². The molecule has 12 heteroatoms. The van der Waals surface area contributed by atoms with E-state index >= 15 is 0 Å². The number of rotatable bonds is 10. The van der Waals surface area contributed by atoms with Crippen LogP contribution in [-0.4, -0.2) is 56.3 Å². The Morgan fingerprint density at radius 2 is 1.87 bits per heavy atom. The quantitative estimate of drug-likeness (QED) is 0.273. The Morgan fingerprint density at radius 3 is 2.39 bits per heavy atom. The third-order valence-electron chi connectivity index (χ3n) is 4.85. The Labute approximate surface area is 192 Å². The fraction of sp³-hybridized carbons (Fsp3) is 0.789. The summed E-state index contributed by atoms with van der Waals surface area (Å²) in [6.45, 7) is 13.4. The standard InChI is InChI=1S/C19H34IN3O7P/c1-11(2)23(12(3)4)31(27,30-13(5)6)20-28-10-15-17(25)14(7)18(29-15)22-9-8-16(24)21-19(22)26/h8-9,11-15,17-18,25H,10H2,1-7H3,(H,21,24,26)/q-1/t14-,15+,17-,18+,31?/m0/s1. The molecule has 5 atom stereocenters. The van der Waals surface area contributed by atoms with Crippen molar-refractivity contribution in [3.8, 4) is 0 Å². The van der Waals surface area contributed by atoms with Crippen molar-refractivity contribution in [1.82, 2.24) is 14.2 Å². The first-order chi connectivity index (χ1) is 14.4. The average molecular weight is 574 g/mol. The van der Waals surface area contributed by atoms with Crippen molar-refractivity contribution < 1.29 is 43.1 Å². The Morgan fingerprint density at radius 1 is 1.26 bits per heavy atom. The topological polar surface area (TPSA) is 123 Å². The third-order valence-corrected chi connectivity index (χ3v) is 12.1. The van der Waals surface area contributed by atoms with E-state index in [2.05, 4.69) is 4.98 Å². The summed E-state index contributed by atoms with van der Waals surface area (Å²) in [5.41, 5.74) is -1.11. The van der Waals surface area contributed by atoms with Crippen molar-refractivity contribution in [3.63, 3.8) is 0 Å². The number of ether oxygens (including phenoxy) is 1. The van der Waals surface area contributed by atoms with Gasteiger partial charge in [0.2, 0.25) is 0 Å². The monoisotopic (exact) mass is 574 g/mol.